The summed E-state index contributed by atoms with van der Waals surface area (Å²) in [6, 6.07) is 0. The predicted octanol–water partition coefficient (Wildman–Crippen LogP) is 1.50. The first-order chi connectivity index (χ1) is 9.10. The monoisotopic (exact) mass is 287 g/mol. The van der Waals surface area contributed by atoms with Crippen LogP contribution < -0.4 is 5.32 Å². The molecule has 3 fully saturated rings. The molecule has 4 nitrogen and oxygen atoms in total. The van der Waals surface area contributed by atoms with E-state index in [-0.39, 0.29) is 10.9 Å². The second-order valence-electron chi connectivity index (χ2n) is 6.56. The summed E-state index contributed by atoms with van der Waals surface area (Å²) in [4.78, 5) is 0. The van der Waals surface area contributed by atoms with Crippen molar-refractivity contribution in [2.75, 3.05) is 25.4 Å². The molecule has 3 aliphatic rings. The minimum absolute atomic E-state index is 0.105. The fraction of sp³-hybridized carbons (Fsp3) is 1.00. The quantitative estimate of drug-likeness (QED) is 0.855. The Kier molecular flexibility index (Phi) is 3.89. The lowest BCUT2D eigenvalue weighted by atomic mass is 9.80. The molecule has 0 aromatic carbocycles. The molecule has 0 bridgehead atoms. The minimum atomic E-state index is -2.94. The van der Waals surface area contributed by atoms with Gasteiger partial charge in [0.1, 0.15) is 0 Å². The highest BCUT2D eigenvalue weighted by Gasteiger charge is 2.43. The van der Waals surface area contributed by atoms with E-state index < -0.39 is 9.84 Å². The maximum Gasteiger partial charge on any atom is 0.153 e. The summed E-state index contributed by atoms with van der Waals surface area (Å²) in [5, 5.41) is 3.00. The van der Waals surface area contributed by atoms with Gasteiger partial charge >= 0.3 is 0 Å². The molecule has 2 saturated heterocycles. The number of hydrogen-bond donors (Lipinski definition) is 1. The summed E-state index contributed by atoms with van der Waals surface area (Å²) in [7, 11) is -2.94. The van der Waals surface area contributed by atoms with Crippen molar-refractivity contribution in [1.82, 2.24) is 5.32 Å². The molecule has 0 amide bonds. The Morgan fingerprint density at radius 1 is 1.16 bits per heavy atom. The Morgan fingerprint density at radius 2 is 1.89 bits per heavy atom. The largest absolute Gasteiger partial charge is 0.375 e. The third-order valence-corrected chi connectivity index (χ3v) is 7.41. The summed E-state index contributed by atoms with van der Waals surface area (Å²) in [5.41, 5.74) is -0.105. The highest BCUT2D eigenvalue weighted by molar-refractivity contribution is 7.92. The molecule has 0 aromatic rings. The van der Waals surface area contributed by atoms with Gasteiger partial charge in [-0.05, 0) is 31.6 Å². The van der Waals surface area contributed by atoms with Crippen molar-refractivity contribution in [3.63, 3.8) is 0 Å². The van der Waals surface area contributed by atoms with E-state index in [1.807, 2.05) is 0 Å². The molecular weight excluding hydrogens is 262 g/mol. The first kappa shape index (κ1) is 13.8. The maximum absolute atomic E-state index is 12.5. The number of nitrogens with one attached hydrogen (secondary N) is 1. The van der Waals surface area contributed by atoms with Crippen LogP contribution in [0.4, 0.5) is 0 Å². The van der Waals surface area contributed by atoms with Crippen LogP contribution in [0.5, 0.6) is 0 Å². The third kappa shape index (κ3) is 2.98. The lowest BCUT2D eigenvalue weighted by Crippen LogP contribution is -2.50. The van der Waals surface area contributed by atoms with Crippen molar-refractivity contribution >= 4 is 9.84 Å². The van der Waals surface area contributed by atoms with Gasteiger partial charge < -0.3 is 10.1 Å². The molecule has 0 radical (unpaired) electrons. The molecule has 1 N–H and O–H groups in total. The van der Waals surface area contributed by atoms with E-state index in [0.717, 1.165) is 32.4 Å². The van der Waals surface area contributed by atoms with Gasteiger partial charge in [0.2, 0.25) is 0 Å². The SMILES string of the molecule is O=S(=O)(CC1CNC1)C1CCOC2(CCCCC2)C1. The zero-order valence-corrected chi connectivity index (χ0v) is 12.4. The summed E-state index contributed by atoms with van der Waals surface area (Å²) in [6.07, 6.45) is 7.22. The van der Waals surface area contributed by atoms with Crippen LogP contribution in [0.2, 0.25) is 0 Å². The standard InChI is InChI=1S/C14H25NO3S/c16-19(17,11-12-9-15-10-12)13-4-7-18-14(8-13)5-2-1-3-6-14/h12-13,15H,1-11H2. The molecule has 1 spiro atoms. The van der Waals surface area contributed by atoms with Crippen LogP contribution in [0.15, 0.2) is 0 Å². The van der Waals surface area contributed by atoms with Crippen LogP contribution >= 0.6 is 0 Å². The second kappa shape index (κ2) is 5.34. The molecular formula is C14H25NO3S. The van der Waals surface area contributed by atoms with Gasteiger partial charge in [0, 0.05) is 19.7 Å². The Hall–Kier alpha value is -0.130. The molecule has 2 heterocycles. The van der Waals surface area contributed by atoms with Gasteiger partial charge in [0.05, 0.1) is 16.6 Å². The zero-order valence-electron chi connectivity index (χ0n) is 11.6. The number of rotatable bonds is 3. The Labute approximate surface area is 116 Å². The molecule has 19 heavy (non-hydrogen) atoms. The van der Waals surface area contributed by atoms with Gasteiger partial charge in [-0.1, -0.05) is 19.3 Å². The molecule has 3 rings (SSSR count). The molecule has 5 heteroatoms. The normalized spacial score (nSPS) is 32.1. The van der Waals surface area contributed by atoms with E-state index in [0.29, 0.717) is 24.7 Å². The van der Waals surface area contributed by atoms with Gasteiger partial charge in [-0.25, -0.2) is 8.42 Å². The van der Waals surface area contributed by atoms with Crippen LogP contribution in [0.1, 0.15) is 44.9 Å². The first-order valence-corrected chi connectivity index (χ1v) is 9.37. The molecule has 1 saturated carbocycles. The van der Waals surface area contributed by atoms with Crippen molar-refractivity contribution in [2.24, 2.45) is 5.92 Å². The number of hydrogen-bond acceptors (Lipinski definition) is 4. The van der Waals surface area contributed by atoms with E-state index in [4.69, 9.17) is 4.74 Å². The van der Waals surface area contributed by atoms with E-state index in [9.17, 15) is 8.42 Å². The number of sulfone groups is 1. The Morgan fingerprint density at radius 3 is 2.53 bits per heavy atom. The lowest BCUT2D eigenvalue weighted by Gasteiger charge is -2.43. The predicted molar refractivity (Wildman–Crippen MR) is 74.9 cm³/mol. The summed E-state index contributed by atoms with van der Waals surface area (Å²) < 4.78 is 31.1. The highest BCUT2D eigenvalue weighted by atomic mass is 32.2. The van der Waals surface area contributed by atoms with E-state index in [2.05, 4.69) is 5.32 Å². The summed E-state index contributed by atoms with van der Waals surface area (Å²) in [5.74, 6) is 0.718. The molecule has 1 aliphatic carbocycles. The average Bonchev–Trinajstić information content (AvgIpc) is 2.35. The topological polar surface area (TPSA) is 55.4 Å². The average molecular weight is 287 g/mol. The van der Waals surface area contributed by atoms with Crippen LogP contribution in [0, 0.1) is 5.92 Å². The van der Waals surface area contributed by atoms with Crippen LogP contribution in [-0.4, -0.2) is 44.7 Å². The summed E-state index contributed by atoms with van der Waals surface area (Å²) in [6.45, 7) is 2.37. The molecule has 0 aromatic heterocycles. The Balaban J connectivity index is 1.66. The molecule has 1 atom stereocenters. The highest BCUT2D eigenvalue weighted by Crippen LogP contribution is 2.40. The molecule has 110 valence electrons. The smallest absolute Gasteiger partial charge is 0.153 e. The maximum atomic E-state index is 12.5. The second-order valence-corrected chi connectivity index (χ2v) is 8.89. The Bertz CT molecular complexity index is 405. The first-order valence-electron chi connectivity index (χ1n) is 7.66. The van der Waals surface area contributed by atoms with Gasteiger partial charge in [0.25, 0.3) is 0 Å². The van der Waals surface area contributed by atoms with E-state index in [1.54, 1.807) is 0 Å². The van der Waals surface area contributed by atoms with Crippen LogP contribution in [0.25, 0.3) is 0 Å². The van der Waals surface area contributed by atoms with Crippen molar-refractivity contribution in [1.29, 1.82) is 0 Å². The van der Waals surface area contributed by atoms with Gasteiger partial charge in [-0.2, -0.15) is 0 Å². The van der Waals surface area contributed by atoms with Crippen molar-refractivity contribution in [3.8, 4) is 0 Å². The van der Waals surface area contributed by atoms with Crippen LogP contribution in [-0.2, 0) is 14.6 Å². The fourth-order valence-electron chi connectivity index (χ4n) is 3.76. The van der Waals surface area contributed by atoms with Gasteiger partial charge in [-0.3, -0.25) is 0 Å². The minimum Gasteiger partial charge on any atom is -0.375 e. The molecule has 2 aliphatic heterocycles. The number of ether oxygens (including phenoxy) is 1. The lowest BCUT2D eigenvalue weighted by molar-refractivity contribution is -0.0979. The van der Waals surface area contributed by atoms with Gasteiger partial charge in [0.15, 0.2) is 9.84 Å². The fourth-order valence-corrected chi connectivity index (χ4v) is 5.94. The van der Waals surface area contributed by atoms with E-state index >= 15 is 0 Å². The van der Waals surface area contributed by atoms with Crippen molar-refractivity contribution < 1.29 is 13.2 Å². The summed E-state index contributed by atoms with van der Waals surface area (Å²) >= 11 is 0. The van der Waals surface area contributed by atoms with Crippen molar-refractivity contribution in [2.45, 2.75) is 55.8 Å². The zero-order chi connectivity index (χ0) is 13.3. The van der Waals surface area contributed by atoms with Gasteiger partial charge in [-0.15, -0.1) is 0 Å². The van der Waals surface area contributed by atoms with Crippen LogP contribution in [0.3, 0.4) is 0 Å². The van der Waals surface area contributed by atoms with E-state index in [1.165, 1.54) is 19.3 Å². The molecule has 1 unspecified atom stereocenters. The van der Waals surface area contributed by atoms with Crippen molar-refractivity contribution in [3.05, 3.63) is 0 Å². The third-order valence-electron chi connectivity index (χ3n) is 5.05.